The van der Waals surface area contributed by atoms with Crippen LogP contribution in [0.4, 0.5) is 11.4 Å². The summed E-state index contributed by atoms with van der Waals surface area (Å²) in [5.74, 6) is 0. The molecule has 1 atom stereocenters. The van der Waals surface area contributed by atoms with Crippen molar-refractivity contribution in [2.45, 2.75) is 17.4 Å². The Kier molecular flexibility index (Phi) is 3.57. The van der Waals surface area contributed by atoms with Gasteiger partial charge in [-0.25, -0.2) is 13.1 Å². The Hall–Kier alpha value is -2.05. The zero-order chi connectivity index (χ0) is 14.9. The first kappa shape index (κ1) is 13.9. The molecule has 0 saturated carbocycles. The third kappa shape index (κ3) is 3.01. The van der Waals surface area contributed by atoms with Crippen LogP contribution in [0.3, 0.4) is 0 Å². The molecule has 0 amide bonds. The van der Waals surface area contributed by atoms with Gasteiger partial charge in [0.15, 0.2) is 0 Å². The number of rotatable bonds is 2. The maximum absolute atomic E-state index is 12.4. The average molecular weight is 303 g/mol. The largest absolute Gasteiger partial charge is 0.399 e. The minimum Gasteiger partial charge on any atom is -0.399 e. The Morgan fingerprint density at radius 3 is 2.67 bits per heavy atom. The summed E-state index contributed by atoms with van der Waals surface area (Å²) in [5.41, 5.74) is 7.91. The molecule has 1 aliphatic heterocycles. The van der Waals surface area contributed by atoms with Gasteiger partial charge in [-0.3, -0.25) is 0 Å². The highest BCUT2D eigenvalue weighted by Gasteiger charge is 2.26. The maximum Gasteiger partial charge on any atom is 0.242 e. The maximum atomic E-state index is 12.4. The second-order valence-corrected chi connectivity index (χ2v) is 6.83. The molecule has 0 aliphatic carbocycles. The van der Waals surface area contributed by atoms with Gasteiger partial charge in [0, 0.05) is 18.3 Å². The van der Waals surface area contributed by atoms with Crippen LogP contribution in [-0.4, -0.2) is 21.0 Å². The molecule has 0 aromatic heterocycles. The lowest BCUT2D eigenvalue weighted by Gasteiger charge is -2.15. The Morgan fingerprint density at radius 2 is 1.90 bits per heavy atom. The predicted molar refractivity (Wildman–Crippen MR) is 83.6 cm³/mol. The predicted octanol–water partition coefficient (Wildman–Crippen LogP) is 1.58. The molecule has 0 fully saturated rings. The summed E-state index contributed by atoms with van der Waals surface area (Å²) in [7, 11) is -3.53. The van der Waals surface area contributed by atoms with Gasteiger partial charge in [-0.15, -0.1) is 0 Å². The Balaban J connectivity index is 1.88. The third-order valence-electron chi connectivity index (χ3n) is 3.48. The molecule has 6 heteroatoms. The van der Waals surface area contributed by atoms with E-state index < -0.39 is 10.0 Å². The van der Waals surface area contributed by atoms with E-state index in [0.29, 0.717) is 24.3 Å². The van der Waals surface area contributed by atoms with Gasteiger partial charge >= 0.3 is 0 Å². The van der Waals surface area contributed by atoms with Crippen LogP contribution < -0.4 is 15.8 Å². The van der Waals surface area contributed by atoms with E-state index in [1.807, 2.05) is 30.3 Å². The van der Waals surface area contributed by atoms with E-state index in [1.165, 1.54) is 6.07 Å². The zero-order valence-corrected chi connectivity index (χ0v) is 12.2. The fourth-order valence-electron chi connectivity index (χ4n) is 2.49. The number of hydrogen-bond donors (Lipinski definition) is 3. The van der Waals surface area contributed by atoms with Gasteiger partial charge < -0.3 is 11.1 Å². The number of nitrogens with two attached hydrogens (primary N) is 1. The van der Waals surface area contributed by atoms with Gasteiger partial charge in [-0.05, 0) is 30.2 Å². The molecular formula is C15H17N3O2S. The van der Waals surface area contributed by atoms with Crippen LogP contribution in [0, 0.1) is 0 Å². The summed E-state index contributed by atoms with van der Waals surface area (Å²) in [6, 6.07) is 14.4. The molecular weight excluding hydrogens is 286 g/mol. The Bertz CT molecular complexity index is 745. The summed E-state index contributed by atoms with van der Waals surface area (Å²) in [6.45, 7) is 0.518. The molecule has 21 heavy (non-hydrogen) atoms. The van der Waals surface area contributed by atoms with Crippen molar-refractivity contribution in [3.63, 3.8) is 0 Å². The average Bonchev–Trinajstić information content (AvgIpc) is 2.56. The fraction of sp³-hybridized carbons (Fsp3) is 0.200. The van der Waals surface area contributed by atoms with Crippen LogP contribution in [0.2, 0.25) is 0 Å². The minimum atomic E-state index is -3.53. The molecule has 0 radical (unpaired) electrons. The summed E-state index contributed by atoms with van der Waals surface area (Å²) >= 11 is 0. The first-order valence-corrected chi connectivity index (χ1v) is 8.22. The van der Waals surface area contributed by atoms with Gasteiger partial charge in [0.25, 0.3) is 0 Å². The van der Waals surface area contributed by atoms with E-state index in [-0.39, 0.29) is 10.9 Å². The number of nitrogens with one attached hydrogen (secondary N) is 2. The van der Waals surface area contributed by atoms with Gasteiger partial charge in [0.2, 0.25) is 10.0 Å². The smallest absolute Gasteiger partial charge is 0.242 e. The van der Waals surface area contributed by atoms with E-state index in [0.717, 1.165) is 5.56 Å². The van der Waals surface area contributed by atoms with Crippen molar-refractivity contribution in [3.05, 3.63) is 54.1 Å². The summed E-state index contributed by atoms with van der Waals surface area (Å²) in [4.78, 5) is 0.243. The van der Waals surface area contributed by atoms with Gasteiger partial charge in [0.1, 0.15) is 4.90 Å². The van der Waals surface area contributed by atoms with Crippen LogP contribution in [0.15, 0.2) is 53.4 Å². The second-order valence-electron chi connectivity index (χ2n) is 5.14. The summed E-state index contributed by atoms with van der Waals surface area (Å²) < 4.78 is 27.6. The normalized spacial score (nSPS) is 20.1. The molecule has 1 heterocycles. The quantitative estimate of drug-likeness (QED) is 0.736. The lowest BCUT2D eigenvalue weighted by atomic mass is 10.1. The summed E-state index contributed by atoms with van der Waals surface area (Å²) in [5, 5.41) is 3.17. The SMILES string of the molecule is Nc1ccc2c(c1)NCC(Cc1ccccc1)NS2(=O)=O. The van der Waals surface area contributed by atoms with Crippen molar-refractivity contribution in [2.24, 2.45) is 0 Å². The van der Waals surface area contributed by atoms with Gasteiger partial charge in [-0.1, -0.05) is 30.3 Å². The van der Waals surface area contributed by atoms with Crippen molar-refractivity contribution in [1.82, 2.24) is 4.72 Å². The van der Waals surface area contributed by atoms with E-state index >= 15 is 0 Å². The standard InChI is InChI=1S/C15H17N3O2S/c16-12-6-7-15-14(9-12)17-10-13(18-21(15,19)20)8-11-4-2-1-3-5-11/h1-7,9,13,17-18H,8,10,16H2. The van der Waals surface area contributed by atoms with Crippen LogP contribution in [0.5, 0.6) is 0 Å². The number of anilines is 2. The Labute approximate surface area is 124 Å². The van der Waals surface area contributed by atoms with Crippen LogP contribution >= 0.6 is 0 Å². The number of sulfonamides is 1. The molecule has 4 N–H and O–H groups in total. The zero-order valence-electron chi connectivity index (χ0n) is 11.4. The second kappa shape index (κ2) is 5.38. The number of hydrogen-bond acceptors (Lipinski definition) is 4. The lowest BCUT2D eigenvalue weighted by Crippen LogP contribution is -2.38. The van der Waals surface area contributed by atoms with E-state index in [2.05, 4.69) is 10.0 Å². The number of fused-ring (bicyclic) bond motifs is 1. The highest BCUT2D eigenvalue weighted by Crippen LogP contribution is 2.26. The molecule has 1 aliphatic rings. The molecule has 5 nitrogen and oxygen atoms in total. The first-order valence-electron chi connectivity index (χ1n) is 6.74. The summed E-state index contributed by atoms with van der Waals surface area (Å²) in [6.07, 6.45) is 0.635. The van der Waals surface area contributed by atoms with Crippen LogP contribution in [-0.2, 0) is 16.4 Å². The molecule has 110 valence electrons. The van der Waals surface area contributed by atoms with Crippen molar-refractivity contribution in [3.8, 4) is 0 Å². The minimum absolute atomic E-state index is 0.203. The molecule has 3 rings (SSSR count). The van der Waals surface area contributed by atoms with E-state index in [4.69, 9.17) is 5.73 Å². The molecule has 2 aromatic carbocycles. The van der Waals surface area contributed by atoms with Crippen molar-refractivity contribution in [1.29, 1.82) is 0 Å². The van der Waals surface area contributed by atoms with Crippen molar-refractivity contribution >= 4 is 21.4 Å². The first-order chi connectivity index (χ1) is 10.0. The highest BCUT2D eigenvalue weighted by atomic mass is 32.2. The monoisotopic (exact) mass is 303 g/mol. The highest BCUT2D eigenvalue weighted by molar-refractivity contribution is 7.89. The molecule has 0 spiro atoms. The lowest BCUT2D eigenvalue weighted by molar-refractivity contribution is 0.558. The fourth-order valence-corrected chi connectivity index (χ4v) is 3.89. The topological polar surface area (TPSA) is 84.2 Å². The molecule has 0 saturated heterocycles. The van der Waals surface area contributed by atoms with Crippen molar-refractivity contribution in [2.75, 3.05) is 17.6 Å². The van der Waals surface area contributed by atoms with Gasteiger partial charge in [-0.2, -0.15) is 0 Å². The Morgan fingerprint density at radius 1 is 1.14 bits per heavy atom. The van der Waals surface area contributed by atoms with Crippen LogP contribution in [0.1, 0.15) is 5.56 Å². The van der Waals surface area contributed by atoms with Crippen molar-refractivity contribution < 1.29 is 8.42 Å². The van der Waals surface area contributed by atoms with E-state index in [1.54, 1.807) is 12.1 Å². The van der Waals surface area contributed by atoms with E-state index in [9.17, 15) is 8.42 Å². The number of nitrogen functional groups attached to an aromatic ring is 1. The molecule has 1 unspecified atom stereocenters. The van der Waals surface area contributed by atoms with Crippen LogP contribution in [0.25, 0.3) is 0 Å². The molecule has 0 bridgehead atoms. The third-order valence-corrected chi connectivity index (χ3v) is 5.06. The molecule has 2 aromatic rings. The number of benzene rings is 2. The van der Waals surface area contributed by atoms with Gasteiger partial charge in [0.05, 0.1) is 5.69 Å².